The Labute approximate surface area is 121 Å². The number of nitrogens with one attached hydrogen (secondary N) is 1. The van der Waals surface area contributed by atoms with Crippen molar-refractivity contribution in [2.45, 2.75) is 32.3 Å². The molecule has 1 aromatic rings. The summed E-state index contributed by atoms with van der Waals surface area (Å²) in [5, 5.41) is 13.5. The predicted molar refractivity (Wildman–Crippen MR) is 76.5 cm³/mol. The van der Waals surface area contributed by atoms with Crippen LogP contribution in [0.15, 0.2) is 16.6 Å². The van der Waals surface area contributed by atoms with E-state index in [1.165, 1.54) is 0 Å². The fourth-order valence-corrected chi connectivity index (χ4v) is 2.18. The number of hydrogen-bond acceptors (Lipinski definition) is 2. The van der Waals surface area contributed by atoms with Crippen molar-refractivity contribution < 1.29 is 9.50 Å². The van der Waals surface area contributed by atoms with Gasteiger partial charge < -0.3 is 10.4 Å². The zero-order valence-corrected chi connectivity index (χ0v) is 12.9. The summed E-state index contributed by atoms with van der Waals surface area (Å²) in [6.45, 7) is 5.19. The Morgan fingerprint density at radius 3 is 2.72 bits per heavy atom. The zero-order chi connectivity index (χ0) is 13.8. The fraction of sp³-hybridized carbons (Fsp3) is 0.538. The first-order valence-corrected chi connectivity index (χ1v) is 7.14. The minimum atomic E-state index is -1.23. The molecule has 0 aliphatic rings. The minimum absolute atomic E-state index is 0.00860. The molecule has 0 bridgehead atoms. The van der Waals surface area contributed by atoms with Crippen molar-refractivity contribution in [1.82, 2.24) is 5.32 Å². The van der Waals surface area contributed by atoms with E-state index in [9.17, 15) is 9.50 Å². The molecule has 0 amide bonds. The van der Waals surface area contributed by atoms with Gasteiger partial charge in [0.15, 0.2) is 0 Å². The van der Waals surface area contributed by atoms with E-state index in [0.717, 1.165) is 13.0 Å². The maximum atomic E-state index is 14.0. The van der Waals surface area contributed by atoms with Gasteiger partial charge in [0.2, 0.25) is 0 Å². The van der Waals surface area contributed by atoms with E-state index in [1.807, 2.05) is 0 Å². The van der Waals surface area contributed by atoms with Gasteiger partial charge >= 0.3 is 0 Å². The zero-order valence-electron chi connectivity index (χ0n) is 10.6. The van der Waals surface area contributed by atoms with Crippen molar-refractivity contribution in [2.75, 3.05) is 13.1 Å². The molecule has 2 N–H and O–H groups in total. The Morgan fingerprint density at radius 2 is 2.11 bits per heavy atom. The van der Waals surface area contributed by atoms with Gasteiger partial charge in [-0.2, -0.15) is 0 Å². The predicted octanol–water partition coefficient (Wildman–Crippen LogP) is 3.84. The van der Waals surface area contributed by atoms with E-state index >= 15 is 0 Å². The maximum absolute atomic E-state index is 14.0. The lowest BCUT2D eigenvalue weighted by Gasteiger charge is -2.25. The number of rotatable bonds is 6. The summed E-state index contributed by atoms with van der Waals surface area (Å²) < 4.78 is 14.5. The highest BCUT2D eigenvalue weighted by atomic mass is 79.9. The van der Waals surface area contributed by atoms with Crippen LogP contribution < -0.4 is 5.32 Å². The molecule has 0 aliphatic heterocycles. The molecule has 0 radical (unpaired) electrons. The van der Waals surface area contributed by atoms with Gasteiger partial charge in [0.25, 0.3) is 0 Å². The lowest BCUT2D eigenvalue weighted by Crippen LogP contribution is -2.29. The normalized spacial score (nSPS) is 14.6. The summed E-state index contributed by atoms with van der Waals surface area (Å²) in [6, 6.07) is 3.21. The van der Waals surface area contributed by atoms with Gasteiger partial charge in [-0.05, 0) is 54.9 Å². The van der Waals surface area contributed by atoms with E-state index in [1.54, 1.807) is 19.1 Å². The molecule has 102 valence electrons. The first-order chi connectivity index (χ1) is 8.40. The van der Waals surface area contributed by atoms with Crippen LogP contribution in [0.4, 0.5) is 4.39 Å². The molecular formula is C13H18BrClFNO. The van der Waals surface area contributed by atoms with Gasteiger partial charge in [-0.15, -0.1) is 0 Å². The van der Waals surface area contributed by atoms with E-state index in [2.05, 4.69) is 28.2 Å². The molecule has 1 unspecified atom stereocenters. The summed E-state index contributed by atoms with van der Waals surface area (Å²) in [7, 11) is 0. The number of halogens is 3. The van der Waals surface area contributed by atoms with Crippen LogP contribution in [0.5, 0.6) is 0 Å². The van der Waals surface area contributed by atoms with Gasteiger partial charge in [-0.1, -0.05) is 24.6 Å². The van der Waals surface area contributed by atoms with Crippen LogP contribution in [0.1, 0.15) is 32.3 Å². The minimum Gasteiger partial charge on any atom is -0.385 e. The summed E-state index contributed by atoms with van der Waals surface area (Å²) in [4.78, 5) is 0. The Bertz CT molecular complexity index is 412. The summed E-state index contributed by atoms with van der Waals surface area (Å²) in [5.41, 5.74) is -0.996. The maximum Gasteiger partial charge on any atom is 0.149 e. The van der Waals surface area contributed by atoms with Gasteiger partial charge in [0.05, 0.1) is 10.6 Å². The molecule has 2 nitrogen and oxygen atoms in total. The van der Waals surface area contributed by atoms with Crippen molar-refractivity contribution in [3.8, 4) is 0 Å². The molecule has 0 spiro atoms. The molecular weight excluding hydrogens is 321 g/mol. The van der Waals surface area contributed by atoms with Crippen LogP contribution in [-0.2, 0) is 5.60 Å². The number of aliphatic hydroxyl groups is 1. The molecule has 1 atom stereocenters. The van der Waals surface area contributed by atoms with Crippen LogP contribution in [-0.4, -0.2) is 18.2 Å². The van der Waals surface area contributed by atoms with Gasteiger partial charge in [0, 0.05) is 10.0 Å². The number of hydrogen-bond donors (Lipinski definition) is 2. The van der Waals surface area contributed by atoms with E-state index < -0.39 is 11.4 Å². The van der Waals surface area contributed by atoms with Crippen LogP contribution in [0.3, 0.4) is 0 Å². The third-order valence-electron chi connectivity index (χ3n) is 2.83. The van der Waals surface area contributed by atoms with Crippen molar-refractivity contribution >= 4 is 27.5 Å². The van der Waals surface area contributed by atoms with E-state index in [4.69, 9.17) is 11.6 Å². The quantitative estimate of drug-likeness (QED) is 0.610. The molecule has 0 aliphatic carbocycles. The molecule has 18 heavy (non-hydrogen) atoms. The Morgan fingerprint density at radius 1 is 1.44 bits per heavy atom. The van der Waals surface area contributed by atoms with Crippen molar-refractivity contribution in [3.63, 3.8) is 0 Å². The molecule has 0 saturated heterocycles. The first-order valence-electron chi connectivity index (χ1n) is 5.97. The highest BCUT2D eigenvalue weighted by molar-refractivity contribution is 9.10. The summed E-state index contributed by atoms with van der Waals surface area (Å²) in [5.74, 6) is -0.563. The average Bonchev–Trinajstić information content (AvgIpc) is 2.31. The monoisotopic (exact) mass is 337 g/mol. The van der Waals surface area contributed by atoms with Crippen LogP contribution in [0.2, 0.25) is 5.02 Å². The third-order valence-corrected chi connectivity index (χ3v) is 4.09. The Kier molecular flexibility index (Phi) is 6.05. The lowest BCUT2D eigenvalue weighted by atomic mass is 9.92. The topological polar surface area (TPSA) is 32.3 Å². The molecule has 1 rings (SSSR count). The van der Waals surface area contributed by atoms with E-state index in [-0.39, 0.29) is 10.6 Å². The molecule has 0 saturated carbocycles. The fourth-order valence-electron chi connectivity index (χ4n) is 1.71. The second-order valence-electron chi connectivity index (χ2n) is 4.50. The Hall–Kier alpha value is -0.160. The van der Waals surface area contributed by atoms with Crippen LogP contribution in [0, 0.1) is 5.82 Å². The second kappa shape index (κ2) is 6.85. The van der Waals surface area contributed by atoms with Gasteiger partial charge in [-0.3, -0.25) is 0 Å². The first kappa shape index (κ1) is 15.9. The standard InChI is InChI=1S/C13H18BrClFNO/c1-3-7-17-8-6-13(2,18)9-4-5-10(14)11(15)12(9)16/h4-5,17-18H,3,6-8H2,1-2H3. The van der Waals surface area contributed by atoms with Crippen molar-refractivity contribution in [2.24, 2.45) is 0 Å². The highest BCUT2D eigenvalue weighted by Crippen LogP contribution is 2.34. The van der Waals surface area contributed by atoms with Crippen LogP contribution >= 0.6 is 27.5 Å². The molecule has 5 heteroatoms. The lowest BCUT2D eigenvalue weighted by molar-refractivity contribution is 0.0444. The second-order valence-corrected chi connectivity index (χ2v) is 5.73. The van der Waals surface area contributed by atoms with E-state index in [0.29, 0.717) is 17.4 Å². The van der Waals surface area contributed by atoms with Crippen molar-refractivity contribution in [1.29, 1.82) is 0 Å². The molecule has 0 heterocycles. The number of benzene rings is 1. The average molecular weight is 339 g/mol. The van der Waals surface area contributed by atoms with Gasteiger partial charge in [-0.25, -0.2) is 4.39 Å². The Balaban J connectivity index is 2.81. The molecule has 0 fully saturated rings. The summed E-state index contributed by atoms with van der Waals surface area (Å²) >= 11 is 8.98. The van der Waals surface area contributed by atoms with Crippen LogP contribution in [0.25, 0.3) is 0 Å². The summed E-state index contributed by atoms with van der Waals surface area (Å²) in [6.07, 6.45) is 1.46. The molecule has 0 aromatic heterocycles. The van der Waals surface area contributed by atoms with Gasteiger partial charge in [0.1, 0.15) is 5.82 Å². The van der Waals surface area contributed by atoms with Crippen molar-refractivity contribution in [3.05, 3.63) is 33.0 Å². The largest absolute Gasteiger partial charge is 0.385 e. The SMILES string of the molecule is CCCNCCC(C)(O)c1ccc(Br)c(Cl)c1F. The smallest absolute Gasteiger partial charge is 0.149 e. The molecule has 1 aromatic carbocycles. The highest BCUT2D eigenvalue weighted by Gasteiger charge is 2.27. The third kappa shape index (κ3) is 3.92.